The Morgan fingerprint density at radius 1 is 1.42 bits per heavy atom. The number of rotatable bonds is 3. The summed E-state index contributed by atoms with van der Waals surface area (Å²) in [5, 5.41) is 13.1. The first-order chi connectivity index (χ1) is 8.90. The van der Waals surface area contributed by atoms with E-state index in [1.54, 1.807) is 4.68 Å². The smallest absolute Gasteiger partial charge is 0.375 e. The summed E-state index contributed by atoms with van der Waals surface area (Å²) in [7, 11) is 0. The topological polar surface area (TPSA) is 68.0 Å². The normalized spacial score (nSPS) is 11.0. The lowest BCUT2D eigenvalue weighted by atomic mass is 10.2. The maximum absolute atomic E-state index is 11.0. The standard InChI is InChI=1S/C13H14BrN3O2/c1-7(2)12-15-11(13(18)19)16-17(12)9-5-4-8(3)10(14)6-9/h4-7H,1-3H3,(H,18,19). The van der Waals surface area contributed by atoms with Crippen molar-refractivity contribution in [2.75, 3.05) is 0 Å². The van der Waals surface area contributed by atoms with Crippen LogP contribution >= 0.6 is 15.9 Å². The van der Waals surface area contributed by atoms with Gasteiger partial charge < -0.3 is 5.11 Å². The summed E-state index contributed by atoms with van der Waals surface area (Å²) in [4.78, 5) is 15.1. The lowest BCUT2D eigenvalue weighted by Gasteiger charge is -2.09. The molecule has 0 aliphatic carbocycles. The van der Waals surface area contributed by atoms with Crippen molar-refractivity contribution in [3.05, 3.63) is 39.9 Å². The number of nitrogens with zero attached hydrogens (tertiary/aromatic N) is 3. The molecule has 6 heteroatoms. The van der Waals surface area contributed by atoms with E-state index in [4.69, 9.17) is 5.11 Å². The van der Waals surface area contributed by atoms with Crippen LogP contribution in [-0.4, -0.2) is 25.8 Å². The zero-order valence-corrected chi connectivity index (χ0v) is 12.5. The monoisotopic (exact) mass is 323 g/mol. The SMILES string of the molecule is Cc1ccc(-n2nc(C(=O)O)nc2C(C)C)cc1Br. The molecule has 0 spiro atoms. The fourth-order valence-corrected chi connectivity index (χ4v) is 2.06. The Hall–Kier alpha value is -1.69. The third kappa shape index (κ3) is 2.68. The van der Waals surface area contributed by atoms with Crippen LogP contribution in [0, 0.1) is 6.92 Å². The minimum absolute atomic E-state index is 0.0840. The Morgan fingerprint density at radius 3 is 2.63 bits per heavy atom. The Kier molecular flexibility index (Phi) is 3.71. The molecule has 0 amide bonds. The maximum atomic E-state index is 11.0. The van der Waals surface area contributed by atoms with E-state index in [0.717, 1.165) is 15.7 Å². The highest BCUT2D eigenvalue weighted by Crippen LogP contribution is 2.22. The second-order valence-corrected chi connectivity index (χ2v) is 5.45. The Balaban J connectivity index is 2.59. The predicted molar refractivity (Wildman–Crippen MR) is 74.8 cm³/mol. The van der Waals surface area contributed by atoms with Crippen molar-refractivity contribution in [3.63, 3.8) is 0 Å². The lowest BCUT2D eigenvalue weighted by molar-refractivity contribution is 0.0683. The number of aryl methyl sites for hydroxylation is 1. The number of halogens is 1. The number of carboxylic acids is 1. The molecule has 100 valence electrons. The molecule has 0 aliphatic rings. The maximum Gasteiger partial charge on any atom is 0.375 e. The molecule has 1 aromatic carbocycles. The van der Waals surface area contributed by atoms with Crippen LogP contribution in [-0.2, 0) is 0 Å². The van der Waals surface area contributed by atoms with Gasteiger partial charge in [0.05, 0.1) is 5.69 Å². The van der Waals surface area contributed by atoms with Crippen molar-refractivity contribution < 1.29 is 9.90 Å². The zero-order chi connectivity index (χ0) is 14.2. The number of carboxylic acid groups (broad SMARTS) is 1. The van der Waals surface area contributed by atoms with Crippen molar-refractivity contribution in [3.8, 4) is 5.69 Å². The fourth-order valence-electron chi connectivity index (χ4n) is 1.69. The number of aromatic carboxylic acids is 1. The van der Waals surface area contributed by atoms with E-state index in [9.17, 15) is 4.79 Å². The molecule has 5 nitrogen and oxygen atoms in total. The zero-order valence-electron chi connectivity index (χ0n) is 10.9. The molecular weight excluding hydrogens is 310 g/mol. The number of hydrogen-bond acceptors (Lipinski definition) is 3. The molecule has 2 rings (SSSR count). The molecule has 0 saturated heterocycles. The van der Waals surface area contributed by atoms with Crippen LogP contribution in [0.1, 0.15) is 41.8 Å². The summed E-state index contributed by atoms with van der Waals surface area (Å²) in [6.07, 6.45) is 0. The van der Waals surface area contributed by atoms with Gasteiger partial charge in [-0.05, 0) is 24.6 Å². The van der Waals surface area contributed by atoms with Crippen LogP contribution in [0.15, 0.2) is 22.7 Å². The number of aromatic nitrogens is 3. The summed E-state index contributed by atoms with van der Waals surface area (Å²) in [5.41, 5.74) is 1.90. The summed E-state index contributed by atoms with van der Waals surface area (Å²) in [5.74, 6) is -0.582. The van der Waals surface area contributed by atoms with E-state index in [1.165, 1.54) is 0 Å². The molecule has 19 heavy (non-hydrogen) atoms. The van der Waals surface area contributed by atoms with Gasteiger partial charge in [0.1, 0.15) is 5.82 Å². The quantitative estimate of drug-likeness (QED) is 0.942. The predicted octanol–water partition coefficient (Wildman–Crippen LogP) is 3.16. The average molecular weight is 324 g/mol. The number of benzene rings is 1. The van der Waals surface area contributed by atoms with Gasteiger partial charge in [0, 0.05) is 10.4 Å². The second-order valence-electron chi connectivity index (χ2n) is 4.60. The molecule has 2 aromatic rings. The van der Waals surface area contributed by atoms with Gasteiger partial charge in [-0.25, -0.2) is 14.5 Å². The summed E-state index contributed by atoms with van der Waals surface area (Å²) in [6, 6.07) is 5.75. The summed E-state index contributed by atoms with van der Waals surface area (Å²) in [6.45, 7) is 5.89. The van der Waals surface area contributed by atoms with E-state index in [2.05, 4.69) is 26.0 Å². The Bertz CT molecular complexity index is 635. The van der Waals surface area contributed by atoms with Gasteiger partial charge >= 0.3 is 5.97 Å². The molecule has 1 aromatic heterocycles. The van der Waals surface area contributed by atoms with Crippen LogP contribution in [0.5, 0.6) is 0 Å². The van der Waals surface area contributed by atoms with Gasteiger partial charge in [-0.2, -0.15) is 0 Å². The molecule has 0 bridgehead atoms. The highest BCUT2D eigenvalue weighted by atomic mass is 79.9. The van der Waals surface area contributed by atoms with E-state index >= 15 is 0 Å². The van der Waals surface area contributed by atoms with Crippen molar-refractivity contribution in [2.45, 2.75) is 26.7 Å². The Morgan fingerprint density at radius 2 is 2.11 bits per heavy atom. The van der Waals surface area contributed by atoms with E-state index in [1.807, 2.05) is 39.0 Å². The summed E-state index contributed by atoms with van der Waals surface area (Å²) < 4.78 is 2.53. The molecular formula is C13H14BrN3O2. The van der Waals surface area contributed by atoms with Gasteiger partial charge in [-0.1, -0.05) is 35.8 Å². The van der Waals surface area contributed by atoms with Crippen molar-refractivity contribution >= 4 is 21.9 Å². The lowest BCUT2D eigenvalue weighted by Crippen LogP contribution is -2.05. The van der Waals surface area contributed by atoms with E-state index in [0.29, 0.717) is 5.82 Å². The van der Waals surface area contributed by atoms with Crippen molar-refractivity contribution in [1.82, 2.24) is 14.8 Å². The highest BCUT2D eigenvalue weighted by Gasteiger charge is 2.18. The molecule has 0 fully saturated rings. The molecule has 0 aliphatic heterocycles. The number of carbonyl (C=O) groups is 1. The van der Waals surface area contributed by atoms with Crippen LogP contribution in [0.3, 0.4) is 0 Å². The molecule has 0 atom stereocenters. The molecule has 0 unspecified atom stereocenters. The van der Waals surface area contributed by atoms with Crippen LogP contribution in [0.25, 0.3) is 5.69 Å². The Labute approximate surface area is 119 Å². The van der Waals surface area contributed by atoms with Gasteiger partial charge in [0.2, 0.25) is 0 Å². The largest absolute Gasteiger partial charge is 0.475 e. The van der Waals surface area contributed by atoms with E-state index in [-0.39, 0.29) is 11.7 Å². The minimum atomic E-state index is -1.12. The van der Waals surface area contributed by atoms with Crippen LogP contribution in [0.2, 0.25) is 0 Å². The minimum Gasteiger partial charge on any atom is -0.475 e. The van der Waals surface area contributed by atoms with Gasteiger partial charge in [-0.3, -0.25) is 0 Å². The van der Waals surface area contributed by atoms with Crippen LogP contribution < -0.4 is 0 Å². The van der Waals surface area contributed by atoms with E-state index < -0.39 is 5.97 Å². The van der Waals surface area contributed by atoms with Gasteiger partial charge in [-0.15, -0.1) is 5.10 Å². The van der Waals surface area contributed by atoms with Gasteiger partial charge in [0.25, 0.3) is 5.82 Å². The first-order valence-corrected chi connectivity index (χ1v) is 6.66. The van der Waals surface area contributed by atoms with Gasteiger partial charge in [0.15, 0.2) is 0 Å². The first kappa shape index (κ1) is 13.7. The molecule has 1 heterocycles. The average Bonchev–Trinajstić information content (AvgIpc) is 2.78. The molecule has 1 N–H and O–H groups in total. The number of hydrogen-bond donors (Lipinski definition) is 1. The van der Waals surface area contributed by atoms with Crippen molar-refractivity contribution in [2.24, 2.45) is 0 Å². The second kappa shape index (κ2) is 5.13. The third-order valence-electron chi connectivity index (χ3n) is 2.74. The first-order valence-electron chi connectivity index (χ1n) is 5.87. The fraction of sp³-hybridized carbons (Fsp3) is 0.308. The molecule has 0 saturated carbocycles. The molecule has 0 radical (unpaired) electrons. The van der Waals surface area contributed by atoms with Crippen molar-refractivity contribution in [1.29, 1.82) is 0 Å². The highest BCUT2D eigenvalue weighted by molar-refractivity contribution is 9.10. The summed E-state index contributed by atoms with van der Waals surface area (Å²) >= 11 is 3.46. The third-order valence-corrected chi connectivity index (χ3v) is 3.59. The van der Waals surface area contributed by atoms with Crippen LogP contribution in [0.4, 0.5) is 0 Å².